The Hall–Kier alpha value is -2.47. The fourth-order valence-corrected chi connectivity index (χ4v) is 4.04. The van der Waals surface area contributed by atoms with Crippen LogP contribution >= 0.6 is 15.9 Å². The average molecular weight is 403 g/mol. The zero-order valence-electron chi connectivity index (χ0n) is 13.3. The Balaban J connectivity index is 2.35. The van der Waals surface area contributed by atoms with E-state index in [1.165, 1.54) is 19.1 Å². The van der Waals surface area contributed by atoms with Gasteiger partial charge < -0.3 is 9.47 Å². The van der Waals surface area contributed by atoms with Crippen molar-refractivity contribution >= 4 is 21.8 Å². The average Bonchev–Trinajstić information content (AvgIpc) is 2.71. The summed E-state index contributed by atoms with van der Waals surface area (Å²) < 4.78 is 26.4. The van der Waals surface area contributed by atoms with Gasteiger partial charge in [0.1, 0.15) is 11.9 Å². The molecule has 0 aromatic heterocycles. The maximum absolute atomic E-state index is 14.6. The van der Waals surface area contributed by atoms with E-state index < -0.39 is 40.4 Å². The number of rotatable bonds is 1. The van der Waals surface area contributed by atoms with E-state index in [-0.39, 0.29) is 5.56 Å². The van der Waals surface area contributed by atoms with Crippen molar-refractivity contribution in [3.8, 4) is 18.2 Å². The molecule has 1 aromatic rings. The second-order valence-corrected chi connectivity index (χ2v) is 7.20. The van der Waals surface area contributed by atoms with Crippen molar-refractivity contribution in [1.29, 1.82) is 21.2 Å². The molecule has 1 aromatic carbocycles. The molecule has 25 heavy (non-hydrogen) atoms. The maximum Gasteiger partial charge on any atom is 0.214 e. The summed E-state index contributed by atoms with van der Waals surface area (Å²) in [7, 11) is 0. The molecule has 2 bridgehead atoms. The molecule has 6 nitrogen and oxygen atoms in total. The molecule has 0 saturated carbocycles. The van der Waals surface area contributed by atoms with E-state index in [2.05, 4.69) is 15.9 Å². The van der Waals surface area contributed by atoms with Crippen LogP contribution in [0.4, 0.5) is 4.39 Å². The molecule has 1 N–H and O–H groups in total. The lowest BCUT2D eigenvalue weighted by Gasteiger charge is -2.47. The lowest BCUT2D eigenvalue weighted by molar-refractivity contribution is -0.269. The summed E-state index contributed by atoms with van der Waals surface area (Å²) in [4.78, 5) is 0. The van der Waals surface area contributed by atoms with E-state index in [1.54, 1.807) is 13.0 Å². The summed E-state index contributed by atoms with van der Waals surface area (Å²) in [5.41, 5.74) is -4.04. The SMILES string of the molecule is CC1C2(C)OC(=N)C1(C#N)C(C#N)(C#N)C(c1ccc(Br)cc1F)O2. The predicted octanol–water partition coefficient (Wildman–Crippen LogP) is 3.56. The zero-order chi connectivity index (χ0) is 18.6. The van der Waals surface area contributed by atoms with Crippen LogP contribution in [0.2, 0.25) is 0 Å². The first-order chi connectivity index (χ1) is 11.7. The minimum atomic E-state index is -2.14. The quantitative estimate of drug-likeness (QED) is 0.770. The van der Waals surface area contributed by atoms with E-state index in [4.69, 9.17) is 14.9 Å². The molecule has 2 heterocycles. The summed E-state index contributed by atoms with van der Waals surface area (Å²) in [5, 5.41) is 37.8. The fourth-order valence-electron chi connectivity index (χ4n) is 3.70. The van der Waals surface area contributed by atoms with Crippen LogP contribution in [0.15, 0.2) is 22.7 Å². The van der Waals surface area contributed by atoms with Gasteiger partial charge in [0, 0.05) is 17.0 Å². The summed E-state index contributed by atoms with van der Waals surface area (Å²) in [5.74, 6) is -3.39. The number of nitrogens with zero attached hydrogens (tertiary/aromatic N) is 3. The molecule has 2 fully saturated rings. The van der Waals surface area contributed by atoms with Crippen LogP contribution in [0.5, 0.6) is 0 Å². The van der Waals surface area contributed by atoms with Gasteiger partial charge in [0.25, 0.3) is 0 Å². The van der Waals surface area contributed by atoms with E-state index in [9.17, 15) is 20.2 Å². The highest BCUT2D eigenvalue weighted by Gasteiger charge is 2.78. The minimum absolute atomic E-state index is 0.0395. The molecule has 8 heteroatoms. The summed E-state index contributed by atoms with van der Waals surface area (Å²) >= 11 is 3.15. The van der Waals surface area contributed by atoms with Crippen molar-refractivity contribution in [2.75, 3.05) is 0 Å². The fraction of sp³-hybridized carbons (Fsp3) is 0.412. The van der Waals surface area contributed by atoms with Crippen molar-refractivity contribution in [2.45, 2.75) is 25.7 Å². The molecular formula is C17H12BrFN4O2. The second kappa shape index (κ2) is 5.26. The Kier molecular flexibility index (Phi) is 3.65. The van der Waals surface area contributed by atoms with Crippen molar-refractivity contribution in [3.63, 3.8) is 0 Å². The Morgan fingerprint density at radius 3 is 2.40 bits per heavy atom. The summed E-state index contributed by atoms with van der Waals surface area (Å²) in [6.07, 6.45) is -1.39. The van der Waals surface area contributed by atoms with Gasteiger partial charge in [-0.3, -0.25) is 5.41 Å². The van der Waals surface area contributed by atoms with Crippen LogP contribution in [0.25, 0.3) is 0 Å². The van der Waals surface area contributed by atoms with Gasteiger partial charge in [-0.15, -0.1) is 0 Å². The summed E-state index contributed by atoms with van der Waals surface area (Å²) in [6.45, 7) is 3.11. The van der Waals surface area contributed by atoms with Crippen LogP contribution in [0, 0.1) is 62.0 Å². The van der Waals surface area contributed by atoms with Crippen LogP contribution in [0.1, 0.15) is 25.5 Å². The monoisotopic (exact) mass is 402 g/mol. The number of hydrogen-bond donors (Lipinski definition) is 1. The lowest BCUT2D eigenvalue weighted by Crippen LogP contribution is -2.57. The second-order valence-electron chi connectivity index (χ2n) is 6.28. The van der Waals surface area contributed by atoms with Crippen LogP contribution < -0.4 is 0 Å². The molecule has 0 amide bonds. The highest BCUT2D eigenvalue weighted by molar-refractivity contribution is 9.10. The molecule has 126 valence electrons. The molecule has 0 radical (unpaired) electrons. The van der Waals surface area contributed by atoms with Crippen molar-refractivity contribution < 1.29 is 13.9 Å². The molecule has 4 unspecified atom stereocenters. The highest BCUT2D eigenvalue weighted by atomic mass is 79.9. The molecule has 4 atom stereocenters. The first-order valence-corrected chi connectivity index (χ1v) is 8.16. The van der Waals surface area contributed by atoms with Gasteiger partial charge >= 0.3 is 0 Å². The van der Waals surface area contributed by atoms with Gasteiger partial charge in [-0.05, 0) is 12.1 Å². The number of ether oxygens (including phenoxy) is 2. The first-order valence-electron chi connectivity index (χ1n) is 7.37. The Labute approximate surface area is 152 Å². The largest absolute Gasteiger partial charge is 0.448 e. The third kappa shape index (κ3) is 1.86. The summed E-state index contributed by atoms with van der Waals surface area (Å²) in [6, 6.07) is 9.77. The van der Waals surface area contributed by atoms with E-state index >= 15 is 0 Å². The third-order valence-electron chi connectivity index (χ3n) is 5.24. The molecular weight excluding hydrogens is 391 g/mol. The molecule has 2 aliphatic rings. The van der Waals surface area contributed by atoms with Crippen LogP contribution in [-0.2, 0) is 9.47 Å². The van der Waals surface area contributed by atoms with E-state index in [0.717, 1.165) is 0 Å². The number of fused-ring (bicyclic) bond motifs is 2. The van der Waals surface area contributed by atoms with E-state index in [0.29, 0.717) is 4.47 Å². The predicted molar refractivity (Wildman–Crippen MR) is 86.0 cm³/mol. The Bertz CT molecular complexity index is 901. The van der Waals surface area contributed by atoms with Crippen molar-refractivity contribution in [3.05, 3.63) is 34.1 Å². The Morgan fingerprint density at radius 2 is 1.88 bits per heavy atom. The van der Waals surface area contributed by atoms with Gasteiger partial charge in [0.2, 0.25) is 17.1 Å². The van der Waals surface area contributed by atoms with Gasteiger partial charge in [0.05, 0.1) is 24.1 Å². The van der Waals surface area contributed by atoms with Crippen LogP contribution in [-0.4, -0.2) is 11.7 Å². The van der Waals surface area contributed by atoms with E-state index in [1.807, 2.05) is 18.2 Å². The zero-order valence-corrected chi connectivity index (χ0v) is 14.9. The van der Waals surface area contributed by atoms with Gasteiger partial charge in [-0.25, -0.2) is 4.39 Å². The topological polar surface area (TPSA) is 114 Å². The number of halogens is 2. The van der Waals surface area contributed by atoms with Gasteiger partial charge in [0.15, 0.2) is 5.41 Å². The highest BCUT2D eigenvalue weighted by Crippen LogP contribution is 2.66. The normalized spacial score (nSPS) is 35.2. The Morgan fingerprint density at radius 1 is 1.24 bits per heavy atom. The molecule has 0 aliphatic carbocycles. The molecule has 2 saturated heterocycles. The smallest absolute Gasteiger partial charge is 0.214 e. The molecule has 0 spiro atoms. The number of nitrogens with one attached hydrogen (secondary N) is 1. The van der Waals surface area contributed by atoms with Crippen molar-refractivity contribution in [1.82, 2.24) is 0 Å². The third-order valence-corrected chi connectivity index (χ3v) is 5.73. The van der Waals surface area contributed by atoms with Crippen molar-refractivity contribution in [2.24, 2.45) is 16.7 Å². The molecule has 3 rings (SSSR count). The standard InChI is InChI=1S/C17H12BrFN4O2/c1-9-15(2)24-13(11-4-3-10(18)5-12(11)19)16(6-20,7-21)17(9,8-22)14(23)25-15/h3-5,9,13,23H,1-2H3. The number of nitriles is 3. The minimum Gasteiger partial charge on any atom is -0.448 e. The molecule has 2 aliphatic heterocycles. The number of hydrogen-bond acceptors (Lipinski definition) is 6. The van der Waals surface area contributed by atoms with Gasteiger partial charge in [-0.2, -0.15) is 15.8 Å². The maximum atomic E-state index is 14.6. The van der Waals surface area contributed by atoms with Crippen LogP contribution in [0.3, 0.4) is 0 Å². The lowest BCUT2D eigenvalue weighted by atomic mass is 9.54. The first kappa shape index (κ1) is 17.4. The number of benzene rings is 1. The van der Waals surface area contributed by atoms with Gasteiger partial charge in [-0.1, -0.05) is 28.9 Å².